The lowest BCUT2D eigenvalue weighted by Crippen LogP contribution is -2.20. The summed E-state index contributed by atoms with van der Waals surface area (Å²) in [6.07, 6.45) is 0. The minimum atomic E-state index is -1.85. The van der Waals surface area contributed by atoms with Crippen LogP contribution >= 0.6 is 0 Å². The standard InChI is InChI=1S/C10H12BNO4/c1-7(2)10(13)12-8-3-5-9(6-4-8)16-11(14)15/h3-6,14-15H,1H2,2H3,(H,12,13). The van der Waals surface area contributed by atoms with Gasteiger partial charge in [-0.1, -0.05) is 6.58 Å². The van der Waals surface area contributed by atoms with Crippen LogP contribution in [0, 0.1) is 0 Å². The highest BCUT2D eigenvalue weighted by Crippen LogP contribution is 2.16. The summed E-state index contributed by atoms with van der Waals surface area (Å²) < 4.78 is 4.60. The van der Waals surface area contributed by atoms with E-state index in [9.17, 15) is 4.79 Å². The summed E-state index contributed by atoms with van der Waals surface area (Å²) in [5.41, 5.74) is 0.985. The Morgan fingerprint density at radius 1 is 1.38 bits per heavy atom. The number of rotatable bonds is 4. The number of hydrogen-bond donors (Lipinski definition) is 3. The van der Waals surface area contributed by atoms with Crippen LogP contribution in [-0.2, 0) is 4.79 Å². The molecular formula is C10H12BNO4. The molecule has 0 saturated heterocycles. The SMILES string of the molecule is C=C(C)C(=O)Nc1ccc(OB(O)O)cc1. The van der Waals surface area contributed by atoms with Gasteiger partial charge in [-0.3, -0.25) is 4.79 Å². The molecule has 0 aliphatic rings. The molecule has 0 aliphatic heterocycles. The topological polar surface area (TPSA) is 78.8 Å². The second-order valence-corrected chi connectivity index (χ2v) is 3.20. The minimum Gasteiger partial charge on any atom is -0.512 e. The Balaban J connectivity index is 2.64. The number of hydrogen-bond acceptors (Lipinski definition) is 4. The van der Waals surface area contributed by atoms with E-state index in [0.717, 1.165) is 0 Å². The van der Waals surface area contributed by atoms with E-state index in [0.29, 0.717) is 17.0 Å². The van der Waals surface area contributed by atoms with Gasteiger partial charge in [-0.25, -0.2) is 0 Å². The van der Waals surface area contributed by atoms with Crippen molar-refractivity contribution in [3.05, 3.63) is 36.4 Å². The van der Waals surface area contributed by atoms with Gasteiger partial charge >= 0.3 is 7.32 Å². The summed E-state index contributed by atoms with van der Waals surface area (Å²) in [4.78, 5) is 11.3. The lowest BCUT2D eigenvalue weighted by Gasteiger charge is -2.07. The molecule has 16 heavy (non-hydrogen) atoms. The first-order valence-electron chi connectivity index (χ1n) is 4.59. The Bertz CT molecular complexity index is 388. The van der Waals surface area contributed by atoms with Gasteiger partial charge in [0.15, 0.2) is 0 Å². The zero-order valence-corrected chi connectivity index (χ0v) is 8.80. The maximum Gasteiger partial charge on any atom is 0.707 e. The van der Waals surface area contributed by atoms with Gasteiger partial charge in [0, 0.05) is 11.3 Å². The van der Waals surface area contributed by atoms with Gasteiger partial charge in [0.05, 0.1) is 0 Å². The van der Waals surface area contributed by atoms with E-state index in [1.54, 1.807) is 19.1 Å². The molecular weight excluding hydrogens is 209 g/mol. The van der Waals surface area contributed by atoms with Crippen LogP contribution in [0.3, 0.4) is 0 Å². The molecule has 0 atom stereocenters. The highest BCUT2D eigenvalue weighted by atomic mass is 16.6. The normalized spacial score (nSPS) is 9.44. The molecule has 1 amide bonds. The Kier molecular flexibility index (Phi) is 4.10. The Morgan fingerprint density at radius 2 is 1.94 bits per heavy atom. The van der Waals surface area contributed by atoms with Crippen LogP contribution in [-0.4, -0.2) is 23.3 Å². The molecule has 1 aromatic carbocycles. The third-order valence-electron chi connectivity index (χ3n) is 1.74. The van der Waals surface area contributed by atoms with E-state index in [-0.39, 0.29) is 5.91 Å². The monoisotopic (exact) mass is 221 g/mol. The van der Waals surface area contributed by atoms with Crippen molar-refractivity contribution in [2.45, 2.75) is 6.92 Å². The molecule has 0 fully saturated rings. The average Bonchev–Trinajstić information content (AvgIpc) is 2.20. The van der Waals surface area contributed by atoms with Crippen LogP contribution in [0.4, 0.5) is 5.69 Å². The summed E-state index contributed by atoms with van der Waals surface area (Å²) in [5.74, 6) is 0.0270. The summed E-state index contributed by atoms with van der Waals surface area (Å²) in [7, 11) is -1.85. The van der Waals surface area contributed by atoms with Gasteiger partial charge in [-0.15, -0.1) is 0 Å². The van der Waals surface area contributed by atoms with Crippen molar-refractivity contribution in [3.8, 4) is 5.75 Å². The van der Waals surface area contributed by atoms with E-state index < -0.39 is 7.32 Å². The highest BCUT2D eigenvalue weighted by Gasteiger charge is 2.10. The highest BCUT2D eigenvalue weighted by molar-refractivity contribution is 6.33. The number of benzene rings is 1. The summed E-state index contributed by atoms with van der Waals surface area (Å²) in [6, 6.07) is 6.18. The van der Waals surface area contributed by atoms with Crippen molar-refractivity contribution in [1.29, 1.82) is 0 Å². The van der Waals surface area contributed by atoms with E-state index in [1.807, 2.05) is 0 Å². The summed E-state index contributed by atoms with van der Waals surface area (Å²) >= 11 is 0. The Labute approximate surface area is 93.5 Å². The zero-order valence-electron chi connectivity index (χ0n) is 8.80. The molecule has 84 valence electrons. The number of amides is 1. The van der Waals surface area contributed by atoms with E-state index >= 15 is 0 Å². The Morgan fingerprint density at radius 3 is 2.38 bits per heavy atom. The van der Waals surface area contributed by atoms with Gasteiger partial charge in [0.25, 0.3) is 5.91 Å². The van der Waals surface area contributed by atoms with Crippen LogP contribution in [0.25, 0.3) is 0 Å². The zero-order chi connectivity index (χ0) is 12.1. The molecule has 3 N–H and O–H groups in total. The van der Waals surface area contributed by atoms with Crippen LogP contribution in [0.1, 0.15) is 6.92 Å². The molecule has 0 aromatic heterocycles. The Hall–Kier alpha value is -1.79. The third-order valence-corrected chi connectivity index (χ3v) is 1.74. The molecule has 0 radical (unpaired) electrons. The van der Waals surface area contributed by atoms with E-state index in [4.69, 9.17) is 10.0 Å². The molecule has 0 unspecified atom stereocenters. The van der Waals surface area contributed by atoms with Crippen LogP contribution < -0.4 is 9.97 Å². The van der Waals surface area contributed by atoms with Crippen LogP contribution in [0.5, 0.6) is 5.75 Å². The smallest absolute Gasteiger partial charge is 0.512 e. The molecule has 0 bridgehead atoms. The summed E-state index contributed by atoms with van der Waals surface area (Å²) in [6.45, 7) is 5.11. The third kappa shape index (κ3) is 3.76. The van der Waals surface area contributed by atoms with Crippen molar-refractivity contribution in [2.24, 2.45) is 0 Å². The predicted molar refractivity (Wildman–Crippen MR) is 60.7 cm³/mol. The lowest BCUT2D eigenvalue weighted by atomic mass is 10.2. The van der Waals surface area contributed by atoms with Crippen molar-refractivity contribution in [2.75, 3.05) is 5.32 Å². The molecule has 1 rings (SSSR count). The fraction of sp³-hybridized carbons (Fsp3) is 0.100. The fourth-order valence-electron chi connectivity index (χ4n) is 0.976. The van der Waals surface area contributed by atoms with Crippen molar-refractivity contribution >= 4 is 18.9 Å². The maximum atomic E-state index is 11.3. The van der Waals surface area contributed by atoms with Crippen molar-refractivity contribution in [1.82, 2.24) is 0 Å². The predicted octanol–water partition coefficient (Wildman–Crippen LogP) is 0.549. The number of carbonyl (C=O) groups excluding carboxylic acids is 1. The lowest BCUT2D eigenvalue weighted by molar-refractivity contribution is -0.112. The van der Waals surface area contributed by atoms with Gasteiger partial charge in [0.1, 0.15) is 5.75 Å². The first-order chi connectivity index (χ1) is 7.49. The molecule has 6 heteroatoms. The largest absolute Gasteiger partial charge is 0.707 e. The molecule has 5 nitrogen and oxygen atoms in total. The fourth-order valence-corrected chi connectivity index (χ4v) is 0.976. The summed E-state index contributed by atoms with van der Waals surface area (Å²) in [5, 5.41) is 19.7. The van der Waals surface area contributed by atoms with Gasteiger partial charge in [0.2, 0.25) is 0 Å². The molecule has 0 aliphatic carbocycles. The second kappa shape index (κ2) is 5.34. The number of nitrogens with one attached hydrogen (secondary N) is 1. The molecule has 0 heterocycles. The number of carbonyl (C=O) groups is 1. The quantitative estimate of drug-likeness (QED) is 0.512. The maximum absolute atomic E-state index is 11.3. The van der Waals surface area contributed by atoms with Crippen LogP contribution in [0.2, 0.25) is 0 Å². The first kappa shape index (κ1) is 12.3. The van der Waals surface area contributed by atoms with Crippen LogP contribution in [0.15, 0.2) is 36.4 Å². The van der Waals surface area contributed by atoms with E-state index in [1.165, 1.54) is 12.1 Å². The molecule has 0 spiro atoms. The van der Waals surface area contributed by atoms with Crippen molar-refractivity contribution in [3.63, 3.8) is 0 Å². The van der Waals surface area contributed by atoms with E-state index in [2.05, 4.69) is 16.6 Å². The van der Waals surface area contributed by atoms with Gasteiger partial charge in [-0.2, -0.15) is 0 Å². The minimum absolute atomic E-state index is 0.268. The molecule has 0 saturated carbocycles. The average molecular weight is 221 g/mol. The first-order valence-corrected chi connectivity index (χ1v) is 4.59. The number of anilines is 1. The van der Waals surface area contributed by atoms with Crippen molar-refractivity contribution < 1.29 is 19.5 Å². The molecule has 1 aromatic rings. The second-order valence-electron chi connectivity index (χ2n) is 3.20. The van der Waals surface area contributed by atoms with Gasteiger partial charge < -0.3 is 20.0 Å². The van der Waals surface area contributed by atoms with Gasteiger partial charge in [-0.05, 0) is 31.2 Å².